The maximum absolute atomic E-state index is 10.9. The highest BCUT2D eigenvalue weighted by molar-refractivity contribution is 5.85. The molecule has 0 spiro atoms. The first-order valence-electron chi connectivity index (χ1n) is 3.48. The molecule has 0 N–H and O–H groups in total. The number of rotatable bonds is 0. The monoisotopic (exact) mass is 126 g/mol. The second-order valence-electron chi connectivity index (χ2n) is 2.91. The average Bonchev–Trinajstić information content (AvgIpc) is 2.55. The predicted molar refractivity (Wildman–Crippen MR) is 32.0 cm³/mol. The van der Waals surface area contributed by atoms with Gasteiger partial charge in [-0.1, -0.05) is 0 Å². The number of Topliss-reactive ketones (excluding diaryl/α,β-unsaturated/α-hetero) is 1. The molecule has 2 heteroatoms. The first kappa shape index (κ1) is 5.42. The predicted octanol–water partition coefficient (Wildman–Crippen LogP) is 0.612. The topological polar surface area (TPSA) is 26.3 Å². The smallest absolute Gasteiger partial charge is 0.161 e. The molecule has 2 nitrogen and oxygen atoms in total. The van der Waals surface area contributed by atoms with Crippen molar-refractivity contribution in [2.24, 2.45) is 11.8 Å². The van der Waals surface area contributed by atoms with Gasteiger partial charge in [-0.2, -0.15) is 0 Å². The molecule has 1 heterocycles. The number of ether oxygens (including phenoxy) is 1. The van der Waals surface area contributed by atoms with Gasteiger partial charge in [0, 0.05) is 12.5 Å². The quantitative estimate of drug-likeness (QED) is 0.475. The molecule has 2 unspecified atom stereocenters. The highest BCUT2D eigenvalue weighted by Gasteiger charge is 2.43. The Labute approximate surface area is 54.2 Å². The van der Waals surface area contributed by atoms with Crippen molar-refractivity contribution in [3.63, 3.8) is 0 Å². The maximum Gasteiger partial charge on any atom is 0.161 e. The summed E-state index contributed by atoms with van der Waals surface area (Å²) in [6.07, 6.45) is 2.25. The van der Waals surface area contributed by atoms with Gasteiger partial charge >= 0.3 is 0 Å². The molecule has 0 aromatic heterocycles. The Morgan fingerprint density at radius 1 is 1.56 bits per heavy atom. The number of carbonyl (C=O) groups is 1. The summed E-state index contributed by atoms with van der Waals surface area (Å²) < 4.78 is 5.06. The van der Waals surface area contributed by atoms with E-state index in [0.29, 0.717) is 24.2 Å². The van der Waals surface area contributed by atoms with Crippen LogP contribution in [0.4, 0.5) is 0 Å². The standard InChI is InChI=1S/C7H10O2/c8-7-4-9-2-1-5-3-6(5)7/h5-6H,1-4H2. The van der Waals surface area contributed by atoms with Crippen molar-refractivity contribution in [1.82, 2.24) is 0 Å². The van der Waals surface area contributed by atoms with Gasteiger partial charge in [0.15, 0.2) is 5.78 Å². The molecule has 9 heavy (non-hydrogen) atoms. The van der Waals surface area contributed by atoms with Gasteiger partial charge < -0.3 is 4.74 Å². The number of hydrogen-bond donors (Lipinski definition) is 0. The minimum absolute atomic E-state index is 0.331. The van der Waals surface area contributed by atoms with E-state index in [9.17, 15) is 4.79 Å². The molecular formula is C7H10O2. The molecule has 0 aromatic carbocycles. The maximum atomic E-state index is 10.9. The Bertz CT molecular complexity index is 142. The van der Waals surface area contributed by atoms with E-state index in [4.69, 9.17) is 4.74 Å². The van der Waals surface area contributed by atoms with E-state index in [1.54, 1.807) is 0 Å². The number of carbonyl (C=O) groups excluding carboxylic acids is 1. The fourth-order valence-electron chi connectivity index (χ4n) is 1.48. The third kappa shape index (κ3) is 0.874. The molecule has 1 aliphatic carbocycles. The largest absolute Gasteiger partial charge is 0.374 e. The van der Waals surface area contributed by atoms with Crippen LogP contribution in [0.15, 0.2) is 0 Å². The molecule has 0 amide bonds. The van der Waals surface area contributed by atoms with Crippen LogP contribution in [0.2, 0.25) is 0 Å². The molecule has 2 fully saturated rings. The summed E-state index contributed by atoms with van der Waals surface area (Å²) in [5.74, 6) is 1.42. The molecular weight excluding hydrogens is 116 g/mol. The van der Waals surface area contributed by atoms with E-state index in [-0.39, 0.29) is 0 Å². The lowest BCUT2D eigenvalue weighted by molar-refractivity contribution is -0.124. The van der Waals surface area contributed by atoms with E-state index >= 15 is 0 Å². The van der Waals surface area contributed by atoms with E-state index in [1.807, 2.05) is 0 Å². The fraction of sp³-hybridized carbons (Fsp3) is 0.857. The zero-order valence-electron chi connectivity index (χ0n) is 5.30. The number of hydrogen-bond acceptors (Lipinski definition) is 2. The van der Waals surface area contributed by atoms with Gasteiger partial charge in [-0.25, -0.2) is 0 Å². The fourth-order valence-corrected chi connectivity index (χ4v) is 1.48. The van der Waals surface area contributed by atoms with Crippen molar-refractivity contribution in [2.45, 2.75) is 12.8 Å². The van der Waals surface area contributed by atoms with Crippen LogP contribution >= 0.6 is 0 Å². The Balaban J connectivity index is 2.03. The zero-order chi connectivity index (χ0) is 6.27. The Kier molecular flexibility index (Phi) is 1.09. The van der Waals surface area contributed by atoms with E-state index < -0.39 is 0 Å². The number of fused-ring (bicyclic) bond motifs is 1. The van der Waals surface area contributed by atoms with Crippen LogP contribution in [0.5, 0.6) is 0 Å². The van der Waals surface area contributed by atoms with Gasteiger partial charge in [-0.05, 0) is 18.8 Å². The summed E-state index contributed by atoms with van der Waals surface area (Å²) in [5, 5.41) is 0. The summed E-state index contributed by atoms with van der Waals surface area (Å²) >= 11 is 0. The SMILES string of the molecule is O=C1COCCC2CC12. The summed E-state index contributed by atoms with van der Waals surface area (Å²) in [7, 11) is 0. The van der Waals surface area contributed by atoms with Crippen LogP contribution in [-0.4, -0.2) is 19.0 Å². The lowest BCUT2D eigenvalue weighted by Crippen LogP contribution is -2.08. The van der Waals surface area contributed by atoms with Crippen molar-refractivity contribution in [1.29, 1.82) is 0 Å². The van der Waals surface area contributed by atoms with Gasteiger partial charge in [0.1, 0.15) is 6.61 Å². The summed E-state index contributed by atoms with van der Waals surface area (Å²) in [6, 6.07) is 0. The lowest BCUT2D eigenvalue weighted by atomic mass is 10.2. The van der Waals surface area contributed by atoms with Crippen molar-refractivity contribution in [2.75, 3.05) is 13.2 Å². The first-order valence-corrected chi connectivity index (χ1v) is 3.48. The zero-order valence-corrected chi connectivity index (χ0v) is 5.30. The second-order valence-corrected chi connectivity index (χ2v) is 2.91. The number of ketones is 1. The third-order valence-corrected chi connectivity index (χ3v) is 2.21. The van der Waals surface area contributed by atoms with Crippen LogP contribution in [0.3, 0.4) is 0 Å². The summed E-state index contributed by atoms with van der Waals surface area (Å²) in [5.41, 5.74) is 0. The van der Waals surface area contributed by atoms with Gasteiger partial charge in [0.05, 0.1) is 0 Å². The van der Waals surface area contributed by atoms with Gasteiger partial charge in [0.2, 0.25) is 0 Å². The normalized spacial score (nSPS) is 41.6. The molecule has 0 bridgehead atoms. The minimum Gasteiger partial charge on any atom is -0.374 e. The molecule has 1 aliphatic heterocycles. The summed E-state index contributed by atoms with van der Waals surface area (Å²) in [4.78, 5) is 10.9. The van der Waals surface area contributed by atoms with Crippen molar-refractivity contribution < 1.29 is 9.53 Å². The van der Waals surface area contributed by atoms with Crippen LogP contribution in [0, 0.1) is 11.8 Å². The van der Waals surface area contributed by atoms with Gasteiger partial charge in [-0.15, -0.1) is 0 Å². The summed E-state index contributed by atoms with van der Waals surface area (Å²) in [6.45, 7) is 1.17. The van der Waals surface area contributed by atoms with E-state index in [1.165, 1.54) is 0 Å². The van der Waals surface area contributed by atoms with Crippen LogP contribution in [0.1, 0.15) is 12.8 Å². The van der Waals surface area contributed by atoms with Crippen LogP contribution in [-0.2, 0) is 9.53 Å². The lowest BCUT2D eigenvalue weighted by Gasteiger charge is -1.95. The Morgan fingerprint density at radius 2 is 2.44 bits per heavy atom. The van der Waals surface area contributed by atoms with E-state index in [0.717, 1.165) is 19.4 Å². The van der Waals surface area contributed by atoms with Crippen molar-refractivity contribution in [3.8, 4) is 0 Å². The molecule has 2 rings (SSSR count). The second kappa shape index (κ2) is 1.81. The van der Waals surface area contributed by atoms with Crippen molar-refractivity contribution in [3.05, 3.63) is 0 Å². The molecule has 1 saturated carbocycles. The molecule has 0 aromatic rings. The van der Waals surface area contributed by atoms with E-state index in [2.05, 4.69) is 0 Å². The molecule has 1 saturated heterocycles. The Hall–Kier alpha value is -0.370. The first-order chi connectivity index (χ1) is 4.38. The molecule has 0 radical (unpaired) electrons. The highest BCUT2D eigenvalue weighted by Crippen LogP contribution is 2.43. The van der Waals surface area contributed by atoms with Gasteiger partial charge in [0.25, 0.3) is 0 Å². The average molecular weight is 126 g/mol. The molecule has 2 atom stereocenters. The minimum atomic E-state index is 0.331. The van der Waals surface area contributed by atoms with Crippen molar-refractivity contribution >= 4 is 5.78 Å². The van der Waals surface area contributed by atoms with Crippen LogP contribution < -0.4 is 0 Å². The Morgan fingerprint density at radius 3 is 3.33 bits per heavy atom. The highest BCUT2D eigenvalue weighted by atomic mass is 16.5. The third-order valence-electron chi connectivity index (χ3n) is 2.21. The molecule has 2 aliphatic rings. The van der Waals surface area contributed by atoms with Gasteiger partial charge in [-0.3, -0.25) is 4.79 Å². The molecule has 50 valence electrons. The van der Waals surface area contributed by atoms with Crippen LogP contribution in [0.25, 0.3) is 0 Å².